The van der Waals surface area contributed by atoms with Crippen molar-refractivity contribution < 1.29 is 0 Å². The van der Waals surface area contributed by atoms with Crippen LogP contribution in [0, 0.1) is 17.3 Å². The molecule has 2 bridgehead atoms. The largest absolute Gasteiger partial charge is 0.0950 e. The Morgan fingerprint density at radius 3 is 2.53 bits per heavy atom. The van der Waals surface area contributed by atoms with Crippen molar-refractivity contribution in [2.45, 2.75) is 46.8 Å². The van der Waals surface area contributed by atoms with Crippen molar-refractivity contribution in [1.82, 2.24) is 0 Å². The number of hydrogen-bond acceptors (Lipinski definition) is 0. The van der Waals surface area contributed by atoms with E-state index in [0.29, 0.717) is 11.3 Å². The molecule has 2 rings (SSSR count). The summed E-state index contributed by atoms with van der Waals surface area (Å²) in [6.07, 6.45) is 13.1. The molecule has 0 N–H and O–H groups in total. The Kier molecular flexibility index (Phi) is 3.79. The number of allylic oxidation sites excluding steroid dienone is 7. The summed E-state index contributed by atoms with van der Waals surface area (Å²) < 4.78 is 0. The lowest BCUT2D eigenvalue weighted by molar-refractivity contribution is 0.300. The molecular formula is C18H28Si. The van der Waals surface area contributed by atoms with Crippen molar-refractivity contribution in [2.75, 3.05) is 0 Å². The average molecular weight is 273 g/mol. The highest BCUT2D eigenvalue weighted by Crippen LogP contribution is 2.50. The zero-order valence-corrected chi connectivity index (χ0v) is 14.3. The van der Waals surface area contributed by atoms with Gasteiger partial charge in [0, 0.05) is 5.92 Å². The van der Waals surface area contributed by atoms with E-state index < -0.39 is 8.07 Å². The predicted molar refractivity (Wildman–Crippen MR) is 88.8 cm³/mol. The summed E-state index contributed by atoms with van der Waals surface area (Å²) >= 11 is 0. The van der Waals surface area contributed by atoms with Crippen molar-refractivity contribution >= 4 is 8.07 Å². The van der Waals surface area contributed by atoms with Crippen molar-refractivity contribution in [3.63, 3.8) is 0 Å². The number of hydrogen-bond donors (Lipinski definition) is 0. The van der Waals surface area contributed by atoms with E-state index in [9.17, 15) is 0 Å². The van der Waals surface area contributed by atoms with E-state index in [-0.39, 0.29) is 0 Å². The standard InChI is InChI=1S/C18H28Si/c1-14-13-18(2,3)16-11-15(17(14)12-16)9-7-8-10-19(4,5)6/h7-11,13,16-17H,12H2,1-6H3/b9-7-,10-8+. The Bertz CT molecular complexity index is 466. The minimum atomic E-state index is -1.06. The topological polar surface area (TPSA) is 0 Å². The third-order valence-electron chi connectivity index (χ3n) is 4.39. The third-order valence-corrected chi connectivity index (χ3v) is 5.58. The van der Waals surface area contributed by atoms with Crippen LogP contribution >= 0.6 is 0 Å². The van der Waals surface area contributed by atoms with Gasteiger partial charge in [0.15, 0.2) is 0 Å². The maximum atomic E-state index is 2.51. The van der Waals surface area contributed by atoms with Gasteiger partial charge in [-0.3, -0.25) is 0 Å². The van der Waals surface area contributed by atoms with Gasteiger partial charge in [-0.15, -0.1) is 0 Å². The Labute approximate surface area is 120 Å². The van der Waals surface area contributed by atoms with Crippen LogP contribution in [-0.2, 0) is 0 Å². The second-order valence-electron chi connectivity index (χ2n) is 7.86. The van der Waals surface area contributed by atoms with Crippen molar-refractivity contribution in [3.05, 3.63) is 47.2 Å². The van der Waals surface area contributed by atoms with E-state index in [4.69, 9.17) is 0 Å². The molecule has 0 aliphatic heterocycles. The van der Waals surface area contributed by atoms with Crippen LogP contribution in [0.1, 0.15) is 27.2 Å². The molecule has 2 aliphatic carbocycles. The molecule has 0 aromatic rings. The first-order chi connectivity index (χ1) is 8.69. The molecule has 0 spiro atoms. The monoisotopic (exact) mass is 272 g/mol. The van der Waals surface area contributed by atoms with Gasteiger partial charge >= 0.3 is 0 Å². The van der Waals surface area contributed by atoms with Gasteiger partial charge in [0.05, 0.1) is 8.07 Å². The summed E-state index contributed by atoms with van der Waals surface area (Å²) in [5.41, 5.74) is 5.83. The van der Waals surface area contributed by atoms with Crippen LogP contribution in [0.25, 0.3) is 0 Å². The van der Waals surface area contributed by atoms with Gasteiger partial charge in [-0.05, 0) is 30.3 Å². The minimum absolute atomic E-state index is 0.338. The van der Waals surface area contributed by atoms with Gasteiger partial charge in [0.2, 0.25) is 0 Å². The number of rotatable bonds is 3. The molecule has 0 radical (unpaired) electrons. The quantitative estimate of drug-likeness (QED) is 0.360. The Hall–Kier alpha value is -0.823. The fourth-order valence-corrected chi connectivity index (χ4v) is 3.94. The molecule has 2 atom stereocenters. The van der Waals surface area contributed by atoms with Crippen molar-refractivity contribution in [2.24, 2.45) is 17.3 Å². The normalized spacial score (nSPS) is 30.0. The first-order valence-electron chi connectivity index (χ1n) is 7.46. The maximum Gasteiger partial charge on any atom is 0.0687 e. The fourth-order valence-electron chi connectivity index (χ4n) is 3.25. The van der Waals surface area contributed by atoms with Gasteiger partial charge < -0.3 is 0 Å². The summed E-state index contributed by atoms with van der Waals surface area (Å²) in [7, 11) is -1.06. The first kappa shape index (κ1) is 14.6. The zero-order chi connectivity index (χ0) is 14.3. The third kappa shape index (κ3) is 3.39. The summed E-state index contributed by atoms with van der Waals surface area (Å²) in [6, 6.07) is 0. The zero-order valence-electron chi connectivity index (χ0n) is 13.3. The van der Waals surface area contributed by atoms with Gasteiger partial charge in [-0.25, -0.2) is 0 Å². The average Bonchev–Trinajstić information content (AvgIpc) is 2.63. The predicted octanol–water partition coefficient (Wildman–Crippen LogP) is 5.52. The molecule has 2 unspecified atom stereocenters. The molecule has 1 heteroatoms. The van der Waals surface area contributed by atoms with E-state index >= 15 is 0 Å². The van der Waals surface area contributed by atoms with Gasteiger partial charge in [-0.1, -0.05) is 75.1 Å². The molecule has 0 heterocycles. The second kappa shape index (κ2) is 4.94. The molecule has 0 aromatic carbocycles. The molecule has 0 fully saturated rings. The lowest BCUT2D eigenvalue weighted by Crippen LogP contribution is -2.24. The van der Waals surface area contributed by atoms with E-state index in [1.807, 2.05) is 0 Å². The van der Waals surface area contributed by atoms with Crippen molar-refractivity contribution in [1.29, 1.82) is 0 Å². The van der Waals surface area contributed by atoms with E-state index in [0.717, 1.165) is 5.92 Å². The van der Waals surface area contributed by atoms with Crippen LogP contribution in [0.4, 0.5) is 0 Å². The van der Waals surface area contributed by atoms with Crippen LogP contribution in [-0.4, -0.2) is 8.07 Å². The van der Waals surface area contributed by atoms with E-state index in [1.54, 1.807) is 5.57 Å². The van der Waals surface area contributed by atoms with Crippen LogP contribution < -0.4 is 0 Å². The smallest absolute Gasteiger partial charge is 0.0687 e. The Morgan fingerprint density at radius 1 is 1.21 bits per heavy atom. The maximum absolute atomic E-state index is 2.51. The Morgan fingerprint density at radius 2 is 1.89 bits per heavy atom. The minimum Gasteiger partial charge on any atom is -0.0950 e. The summed E-state index contributed by atoms with van der Waals surface area (Å²) in [5, 5.41) is 0. The summed E-state index contributed by atoms with van der Waals surface area (Å²) in [4.78, 5) is 0. The molecule has 0 amide bonds. The Balaban J connectivity index is 2.12. The van der Waals surface area contributed by atoms with Crippen LogP contribution in [0.3, 0.4) is 0 Å². The summed E-state index contributed by atoms with van der Waals surface area (Å²) in [5.74, 6) is 1.40. The van der Waals surface area contributed by atoms with Crippen LogP contribution in [0.15, 0.2) is 47.2 Å². The van der Waals surface area contributed by atoms with E-state index in [1.165, 1.54) is 12.0 Å². The number of fused-ring (bicyclic) bond motifs is 2. The second-order valence-corrected chi connectivity index (χ2v) is 12.9. The molecule has 0 nitrogen and oxygen atoms in total. The molecule has 0 aromatic heterocycles. The van der Waals surface area contributed by atoms with Crippen LogP contribution in [0.5, 0.6) is 0 Å². The first-order valence-corrected chi connectivity index (χ1v) is 11.0. The van der Waals surface area contributed by atoms with Gasteiger partial charge in [0.25, 0.3) is 0 Å². The van der Waals surface area contributed by atoms with Gasteiger partial charge in [-0.2, -0.15) is 0 Å². The fraction of sp³-hybridized carbons (Fsp3) is 0.556. The highest BCUT2D eigenvalue weighted by Gasteiger charge is 2.39. The highest BCUT2D eigenvalue weighted by molar-refractivity contribution is 6.80. The molecule has 19 heavy (non-hydrogen) atoms. The molecule has 2 aliphatic rings. The lowest BCUT2D eigenvalue weighted by atomic mass is 9.71. The molecule has 0 saturated heterocycles. The summed E-state index contributed by atoms with van der Waals surface area (Å²) in [6.45, 7) is 14.1. The van der Waals surface area contributed by atoms with Gasteiger partial charge in [0.1, 0.15) is 0 Å². The van der Waals surface area contributed by atoms with E-state index in [2.05, 4.69) is 76.5 Å². The van der Waals surface area contributed by atoms with Crippen molar-refractivity contribution in [3.8, 4) is 0 Å². The molecular weight excluding hydrogens is 244 g/mol. The SMILES string of the molecule is CC1=CC(C)(C)C2C=C(/C=C\C=C\[Si](C)(C)C)C1C2. The van der Waals surface area contributed by atoms with Crippen LogP contribution in [0.2, 0.25) is 19.6 Å². The highest BCUT2D eigenvalue weighted by atomic mass is 28.3. The molecule has 0 saturated carbocycles. The molecule has 104 valence electrons. The lowest BCUT2D eigenvalue weighted by Gasteiger charge is -2.33.